The van der Waals surface area contributed by atoms with E-state index in [4.69, 9.17) is 0 Å². The van der Waals surface area contributed by atoms with Gasteiger partial charge in [0.15, 0.2) is 0 Å². The van der Waals surface area contributed by atoms with Crippen LogP contribution in [-0.2, 0) is 9.59 Å². The summed E-state index contributed by atoms with van der Waals surface area (Å²) in [5.41, 5.74) is 2.77. The smallest absolute Gasteiger partial charge is 0.308 e. The number of amides is 1. The summed E-state index contributed by atoms with van der Waals surface area (Å²) in [6.45, 7) is 4.74. The van der Waals surface area contributed by atoms with Gasteiger partial charge in [-0.15, -0.1) is 0 Å². The van der Waals surface area contributed by atoms with Crippen LogP contribution in [0.15, 0.2) is 48.5 Å². The molecule has 1 amide bonds. The van der Waals surface area contributed by atoms with Gasteiger partial charge in [0, 0.05) is 25.2 Å². The summed E-state index contributed by atoms with van der Waals surface area (Å²) in [5.74, 6) is -1.58. The van der Waals surface area contributed by atoms with Crippen LogP contribution in [0.3, 0.4) is 0 Å². The van der Waals surface area contributed by atoms with Crippen molar-refractivity contribution in [2.45, 2.75) is 32.6 Å². The molecular weight excluding hydrogens is 396 g/mol. The fourth-order valence-electron chi connectivity index (χ4n) is 4.02. The number of nitrogens with zero attached hydrogens (tertiary/aromatic N) is 2. The number of hydrogen-bond acceptors (Lipinski definition) is 4. The number of carboxylic acids is 1. The van der Waals surface area contributed by atoms with Gasteiger partial charge in [-0.05, 0) is 41.5 Å². The number of carboxylic acid groups (broad SMARTS) is 1. The Morgan fingerprint density at radius 2 is 1.94 bits per heavy atom. The topological polar surface area (TPSA) is 101 Å². The van der Waals surface area contributed by atoms with Gasteiger partial charge in [0.2, 0.25) is 5.91 Å². The summed E-state index contributed by atoms with van der Waals surface area (Å²) < 4.78 is 0. The molecule has 1 aliphatic rings. The van der Waals surface area contributed by atoms with Gasteiger partial charge in [0.1, 0.15) is 0 Å². The molecule has 31 heavy (non-hydrogen) atoms. The van der Waals surface area contributed by atoms with Crippen LogP contribution in [-0.4, -0.2) is 39.9 Å². The molecule has 7 nitrogen and oxygen atoms in total. The number of carbonyl (C=O) groups excluding carboxylic acids is 1. The number of carbonyl (C=O) groups is 2. The zero-order valence-corrected chi connectivity index (χ0v) is 17.7. The van der Waals surface area contributed by atoms with E-state index in [1.807, 2.05) is 38.1 Å². The molecule has 1 fully saturated rings. The van der Waals surface area contributed by atoms with Gasteiger partial charge in [0.05, 0.1) is 16.4 Å². The van der Waals surface area contributed by atoms with Crippen molar-refractivity contribution in [1.82, 2.24) is 4.90 Å². The Kier molecular flexibility index (Phi) is 6.84. The van der Waals surface area contributed by atoms with Crippen LogP contribution in [0.5, 0.6) is 0 Å². The fourth-order valence-corrected chi connectivity index (χ4v) is 4.02. The van der Waals surface area contributed by atoms with Crippen molar-refractivity contribution in [3.63, 3.8) is 0 Å². The monoisotopic (exact) mass is 422 g/mol. The average molecular weight is 422 g/mol. The van der Waals surface area contributed by atoms with Crippen molar-refractivity contribution in [3.05, 3.63) is 69.8 Å². The van der Waals surface area contributed by atoms with Crippen LogP contribution in [0.25, 0.3) is 17.2 Å². The summed E-state index contributed by atoms with van der Waals surface area (Å²) in [6.07, 6.45) is 4.17. The highest BCUT2D eigenvalue weighted by atomic mass is 16.6. The number of aliphatic carboxylic acids is 1. The van der Waals surface area contributed by atoms with Crippen LogP contribution in [0.1, 0.15) is 43.7 Å². The second-order valence-corrected chi connectivity index (χ2v) is 8.04. The molecule has 2 aromatic rings. The molecule has 7 heteroatoms. The van der Waals surface area contributed by atoms with Gasteiger partial charge in [-0.3, -0.25) is 19.7 Å². The normalized spacial score (nSPS) is 16.6. The molecule has 0 bridgehead atoms. The predicted octanol–water partition coefficient (Wildman–Crippen LogP) is 4.72. The maximum absolute atomic E-state index is 12.7. The third-order valence-corrected chi connectivity index (χ3v) is 5.61. The molecule has 1 unspecified atom stereocenters. The van der Waals surface area contributed by atoms with E-state index < -0.39 is 16.8 Å². The molecule has 0 radical (unpaired) electrons. The number of nitro groups is 1. The highest BCUT2D eigenvalue weighted by Gasteiger charge is 2.27. The van der Waals surface area contributed by atoms with Gasteiger partial charge in [-0.25, -0.2) is 0 Å². The Morgan fingerprint density at radius 3 is 2.61 bits per heavy atom. The number of benzene rings is 2. The maximum Gasteiger partial charge on any atom is 0.308 e. The van der Waals surface area contributed by atoms with E-state index in [-0.39, 0.29) is 24.1 Å². The molecule has 1 saturated heterocycles. The molecule has 1 heterocycles. The zero-order valence-electron chi connectivity index (χ0n) is 17.7. The first-order chi connectivity index (χ1) is 14.8. The molecule has 162 valence electrons. The third kappa shape index (κ3) is 4.99. The van der Waals surface area contributed by atoms with Crippen molar-refractivity contribution < 1.29 is 19.6 Å². The van der Waals surface area contributed by atoms with Crippen molar-refractivity contribution in [2.75, 3.05) is 13.1 Å². The van der Waals surface area contributed by atoms with Gasteiger partial charge in [0.25, 0.3) is 5.69 Å². The SMILES string of the molecule is CC(C)c1ccccc1-c1c(/C=C/C(=O)N2CCCC(C(=O)O)C2)cccc1[N+](=O)[O-]. The summed E-state index contributed by atoms with van der Waals surface area (Å²) in [5, 5.41) is 21.0. The summed E-state index contributed by atoms with van der Waals surface area (Å²) in [6, 6.07) is 12.4. The minimum absolute atomic E-state index is 0.0217. The highest BCUT2D eigenvalue weighted by Crippen LogP contribution is 2.38. The van der Waals surface area contributed by atoms with Gasteiger partial charge >= 0.3 is 5.97 Å². The van der Waals surface area contributed by atoms with Gasteiger partial charge in [-0.2, -0.15) is 0 Å². The van der Waals surface area contributed by atoms with Gasteiger partial charge in [-0.1, -0.05) is 50.2 Å². The van der Waals surface area contributed by atoms with E-state index in [1.165, 1.54) is 17.0 Å². The number of likely N-dealkylation sites (tertiary alicyclic amines) is 1. The van der Waals surface area contributed by atoms with Crippen molar-refractivity contribution in [2.24, 2.45) is 5.92 Å². The first kappa shape index (κ1) is 22.2. The molecular formula is C24H26N2O5. The first-order valence-corrected chi connectivity index (χ1v) is 10.4. The molecule has 0 aliphatic carbocycles. The third-order valence-electron chi connectivity index (χ3n) is 5.61. The van der Waals surface area contributed by atoms with Crippen molar-refractivity contribution >= 4 is 23.6 Å². The average Bonchev–Trinajstić information content (AvgIpc) is 2.77. The van der Waals surface area contributed by atoms with Gasteiger partial charge < -0.3 is 10.0 Å². The van der Waals surface area contributed by atoms with Crippen LogP contribution in [0, 0.1) is 16.0 Å². The number of piperidine rings is 1. The molecule has 0 saturated carbocycles. The molecule has 0 aromatic heterocycles. The Bertz CT molecular complexity index is 1030. The summed E-state index contributed by atoms with van der Waals surface area (Å²) in [7, 11) is 0. The second-order valence-electron chi connectivity index (χ2n) is 8.04. The minimum Gasteiger partial charge on any atom is -0.481 e. The Labute approximate surface area is 181 Å². The fraction of sp³-hybridized carbons (Fsp3) is 0.333. The summed E-state index contributed by atoms with van der Waals surface area (Å²) >= 11 is 0. The predicted molar refractivity (Wildman–Crippen MR) is 119 cm³/mol. The molecule has 2 aromatic carbocycles. The Morgan fingerprint density at radius 1 is 1.19 bits per heavy atom. The number of rotatable bonds is 6. The minimum atomic E-state index is -0.896. The Balaban J connectivity index is 1.99. The zero-order chi connectivity index (χ0) is 22.5. The number of hydrogen-bond donors (Lipinski definition) is 1. The molecule has 0 spiro atoms. The van der Waals surface area contributed by atoms with E-state index in [9.17, 15) is 24.8 Å². The van der Waals surface area contributed by atoms with E-state index in [1.54, 1.807) is 18.2 Å². The number of nitro benzene ring substituents is 1. The van der Waals surface area contributed by atoms with Crippen molar-refractivity contribution in [1.29, 1.82) is 0 Å². The molecule has 3 rings (SSSR count). The van der Waals surface area contributed by atoms with Crippen molar-refractivity contribution in [3.8, 4) is 11.1 Å². The van der Waals surface area contributed by atoms with Crippen LogP contribution < -0.4 is 0 Å². The lowest BCUT2D eigenvalue weighted by Gasteiger charge is -2.29. The van der Waals surface area contributed by atoms with Crippen LogP contribution in [0.4, 0.5) is 5.69 Å². The largest absolute Gasteiger partial charge is 0.481 e. The van der Waals surface area contributed by atoms with E-state index in [0.717, 1.165) is 11.1 Å². The first-order valence-electron chi connectivity index (χ1n) is 10.4. The lowest BCUT2D eigenvalue weighted by atomic mass is 9.89. The standard InChI is InChI=1S/C24H26N2O5/c1-16(2)19-9-3-4-10-20(19)23-17(7-5-11-21(23)26(30)31)12-13-22(27)25-14-6-8-18(15-25)24(28)29/h3-5,7,9-13,16,18H,6,8,14-15H2,1-2H3,(H,28,29)/b13-12+. The highest BCUT2D eigenvalue weighted by molar-refractivity contribution is 5.95. The lowest BCUT2D eigenvalue weighted by molar-refractivity contribution is -0.384. The molecule has 1 aliphatic heterocycles. The molecule has 1 atom stereocenters. The van der Waals surface area contributed by atoms with E-state index >= 15 is 0 Å². The summed E-state index contributed by atoms with van der Waals surface area (Å²) in [4.78, 5) is 36.8. The lowest BCUT2D eigenvalue weighted by Crippen LogP contribution is -2.41. The second kappa shape index (κ2) is 9.55. The quantitative estimate of drug-likeness (QED) is 0.412. The van der Waals surface area contributed by atoms with Crippen LogP contribution in [0.2, 0.25) is 0 Å². The van der Waals surface area contributed by atoms with Crippen LogP contribution >= 0.6 is 0 Å². The van der Waals surface area contributed by atoms with E-state index in [2.05, 4.69) is 0 Å². The van der Waals surface area contributed by atoms with E-state index in [0.29, 0.717) is 30.5 Å². The molecule has 1 N–H and O–H groups in total. The maximum atomic E-state index is 12.7. The Hall–Kier alpha value is -3.48.